The zero-order chi connectivity index (χ0) is 17.9. The van der Waals surface area contributed by atoms with E-state index in [1.807, 2.05) is 6.07 Å². The van der Waals surface area contributed by atoms with Crippen LogP contribution in [0.15, 0.2) is 30.0 Å². The molecule has 0 unspecified atom stereocenters. The average molecular weight is 351 g/mol. The maximum atomic E-state index is 12.1. The van der Waals surface area contributed by atoms with E-state index in [0.717, 1.165) is 19.6 Å². The van der Waals surface area contributed by atoms with Gasteiger partial charge in [-0.15, -0.1) is 0 Å². The molecule has 0 radical (unpaired) electrons. The van der Waals surface area contributed by atoms with E-state index in [1.54, 1.807) is 18.2 Å². The van der Waals surface area contributed by atoms with Crippen molar-refractivity contribution in [2.75, 3.05) is 38.6 Å². The third-order valence-corrected chi connectivity index (χ3v) is 3.78. The molecule has 1 aromatic rings. The molecule has 0 aliphatic carbocycles. The second-order valence-electron chi connectivity index (χ2n) is 4.95. The smallest absolute Gasteiger partial charge is 0.267 e. The van der Waals surface area contributed by atoms with Gasteiger partial charge < -0.3 is 20.3 Å². The number of halogens is 1. The number of nitrogens with zero attached hydrogens (tertiary/aromatic N) is 2. The molecule has 1 aromatic carbocycles. The zero-order valence-corrected chi connectivity index (χ0v) is 15.0. The van der Waals surface area contributed by atoms with Crippen molar-refractivity contribution in [2.24, 2.45) is 0 Å². The summed E-state index contributed by atoms with van der Waals surface area (Å²) in [6.07, 6.45) is 1.43. The lowest BCUT2D eigenvalue weighted by molar-refractivity contribution is -0.112. The molecule has 0 bridgehead atoms. The summed E-state index contributed by atoms with van der Waals surface area (Å²) in [5, 5.41) is 15.2. The Labute approximate surface area is 148 Å². The number of anilines is 1. The number of ether oxygens (including phenoxy) is 1. The fourth-order valence-corrected chi connectivity index (χ4v) is 2.29. The molecule has 0 spiro atoms. The van der Waals surface area contributed by atoms with Gasteiger partial charge in [-0.25, -0.2) is 0 Å². The first-order valence-corrected chi connectivity index (χ1v) is 8.14. The van der Waals surface area contributed by atoms with E-state index in [-0.39, 0.29) is 5.57 Å². The molecule has 24 heavy (non-hydrogen) atoms. The first-order valence-electron chi connectivity index (χ1n) is 7.76. The van der Waals surface area contributed by atoms with E-state index in [9.17, 15) is 4.79 Å². The number of carbonyl (C=O) groups excluding carboxylic acids is 1. The van der Waals surface area contributed by atoms with Crippen molar-refractivity contribution in [2.45, 2.75) is 13.8 Å². The summed E-state index contributed by atoms with van der Waals surface area (Å²) in [6.45, 7) is 7.62. The van der Waals surface area contributed by atoms with Gasteiger partial charge in [0.05, 0.1) is 12.1 Å². The molecule has 0 heterocycles. The predicted molar refractivity (Wildman–Crippen MR) is 96.1 cm³/mol. The monoisotopic (exact) mass is 350 g/mol. The highest BCUT2D eigenvalue weighted by atomic mass is 35.5. The number of hydrogen-bond donors (Lipinski definition) is 2. The lowest BCUT2D eigenvalue weighted by atomic mass is 10.2. The summed E-state index contributed by atoms with van der Waals surface area (Å²) in [6, 6.07) is 6.77. The first kappa shape index (κ1) is 19.8. The van der Waals surface area contributed by atoms with E-state index in [4.69, 9.17) is 21.6 Å². The molecular formula is C17H23ClN4O2. The van der Waals surface area contributed by atoms with Crippen LogP contribution in [-0.2, 0) is 4.79 Å². The minimum Gasteiger partial charge on any atom is -0.495 e. The summed E-state index contributed by atoms with van der Waals surface area (Å²) in [4.78, 5) is 14.4. The largest absolute Gasteiger partial charge is 0.495 e. The van der Waals surface area contributed by atoms with Gasteiger partial charge in [0, 0.05) is 25.0 Å². The normalized spacial score (nSPS) is 11.1. The van der Waals surface area contributed by atoms with Crippen molar-refractivity contribution in [1.29, 1.82) is 5.26 Å². The second kappa shape index (κ2) is 10.5. The molecule has 130 valence electrons. The number of rotatable bonds is 9. The topological polar surface area (TPSA) is 77.4 Å². The van der Waals surface area contributed by atoms with Gasteiger partial charge in [-0.3, -0.25) is 4.79 Å². The van der Waals surface area contributed by atoms with Gasteiger partial charge in [-0.2, -0.15) is 5.26 Å². The Morgan fingerprint density at radius 3 is 2.67 bits per heavy atom. The quantitative estimate of drug-likeness (QED) is 0.406. The summed E-state index contributed by atoms with van der Waals surface area (Å²) < 4.78 is 5.05. The highest BCUT2D eigenvalue weighted by Crippen LogP contribution is 2.27. The van der Waals surface area contributed by atoms with Gasteiger partial charge in [-0.05, 0) is 31.3 Å². The number of methoxy groups -OCH3 is 1. The molecule has 0 aliphatic rings. The van der Waals surface area contributed by atoms with Crippen molar-refractivity contribution < 1.29 is 9.53 Å². The predicted octanol–water partition coefficient (Wildman–Crippen LogP) is 2.63. The van der Waals surface area contributed by atoms with Crippen molar-refractivity contribution >= 4 is 23.2 Å². The summed E-state index contributed by atoms with van der Waals surface area (Å²) in [5.74, 6) is 0.0258. The highest BCUT2D eigenvalue weighted by Gasteiger charge is 2.10. The van der Waals surface area contributed by atoms with Crippen LogP contribution < -0.4 is 15.4 Å². The number of carbonyl (C=O) groups is 1. The summed E-state index contributed by atoms with van der Waals surface area (Å²) in [7, 11) is 1.51. The lowest BCUT2D eigenvalue weighted by Gasteiger charge is -2.17. The Morgan fingerprint density at radius 1 is 1.42 bits per heavy atom. The number of nitriles is 1. The third kappa shape index (κ3) is 6.11. The van der Waals surface area contributed by atoms with Crippen LogP contribution in [0.2, 0.25) is 5.02 Å². The number of nitrogens with one attached hydrogen (secondary N) is 2. The minimum absolute atomic E-state index is 0.00138. The number of hydrogen-bond acceptors (Lipinski definition) is 5. The van der Waals surface area contributed by atoms with Gasteiger partial charge in [0.2, 0.25) is 0 Å². The Hall–Kier alpha value is -2.23. The molecule has 0 aromatic heterocycles. The minimum atomic E-state index is -0.492. The summed E-state index contributed by atoms with van der Waals surface area (Å²) in [5.41, 5.74) is 0.497. The zero-order valence-electron chi connectivity index (χ0n) is 14.2. The van der Waals surface area contributed by atoms with Gasteiger partial charge in [0.15, 0.2) is 0 Å². The molecule has 2 N–H and O–H groups in total. The molecule has 0 saturated heterocycles. The Bertz CT molecular complexity index is 622. The number of amides is 1. The van der Waals surface area contributed by atoms with Crippen LogP contribution in [0.25, 0.3) is 0 Å². The highest BCUT2D eigenvalue weighted by molar-refractivity contribution is 6.32. The number of benzene rings is 1. The standard InChI is InChI=1S/C17H23ClN4O2/c1-4-22(5-2)9-8-20-12-13(11-19)17(23)21-14-6-7-16(24-3)15(18)10-14/h6-7,10,12,20H,4-5,8-9H2,1-3H3,(H,21,23)/b13-12-. The van der Waals surface area contributed by atoms with Gasteiger partial charge in [0.25, 0.3) is 5.91 Å². The maximum Gasteiger partial charge on any atom is 0.267 e. The molecule has 0 aliphatic heterocycles. The fourth-order valence-electron chi connectivity index (χ4n) is 2.03. The van der Waals surface area contributed by atoms with Crippen LogP contribution >= 0.6 is 11.6 Å². The van der Waals surface area contributed by atoms with E-state index < -0.39 is 5.91 Å². The molecule has 0 saturated carbocycles. The third-order valence-electron chi connectivity index (χ3n) is 3.49. The average Bonchev–Trinajstić information content (AvgIpc) is 2.58. The molecule has 7 heteroatoms. The van der Waals surface area contributed by atoms with E-state index in [0.29, 0.717) is 23.0 Å². The van der Waals surface area contributed by atoms with Gasteiger partial charge in [0.1, 0.15) is 17.4 Å². The van der Waals surface area contributed by atoms with Crippen molar-refractivity contribution in [1.82, 2.24) is 10.2 Å². The maximum absolute atomic E-state index is 12.1. The SMILES string of the molecule is CCN(CC)CCN/C=C(/C#N)C(=O)Nc1ccc(OC)c(Cl)c1. The van der Waals surface area contributed by atoms with Crippen LogP contribution in [0, 0.1) is 11.3 Å². The van der Waals surface area contributed by atoms with E-state index in [2.05, 4.69) is 29.4 Å². The molecule has 0 fully saturated rings. The van der Waals surface area contributed by atoms with Crippen molar-refractivity contribution in [3.63, 3.8) is 0 Å². The van der Waals surface area contributed by atoms with Crippen LogP contribution in [0.1, 0.15) is 13.8 Å². The molecule has 0 atom stereocenters. The Morgan fingerprint density at radius 2 is 2.12 bits per heavy atom. The van der Waals surface area contributed by atoms with Crippen LogP contribution in [-0.4, -0.2) is 44.1 Å². The number of likely N-dealkylation sites (N-methyl/N-ethyl adjacent to an activating group) is 1. The van der Waals surface area contributed by atoms with E-state index >= 15 is 0 Å². The lowest BCUT2D eigenvalue weighted by Crippen LogP contribution is -2.30. The first-order chi connectivity index (χ1) is 11.5. The van der Waals surface area contributed by atoms with Gasteiger partial charge >= 0.3 is 0 Å². The molecule has 1 amide bonds. The van der Waals surface area contributed by atoms with Crippen LogP contribution in [0.4, 0.5) is 5.69 Å². The molecule has 6 nitrogen and oxygen atoms in total. The summed E-state index contributed by atoms with van der Waals surface area (Å²) >= 11 is 6.01. The van der Waals surface area contributed by atoms with Crippen molar-refractivity contribution in [3.8, 4) is 11.8 Å². The van der Waals surface area contributed by atoms with Crippen LogP contribution in [0.3, 0.4) is 0 Å². The van der Waals surface area contributed by atoms with Crippen LogP contribution in [0.5, 0.6) is 5.75 Å². The van der Waals surface area contributed by atoms with E-state index in [1.165, 1.54) is 13.3 Å². The Balaban J connectivity index is 2.61. The molecular weight excluding hydrogens is 328 g/mol. The second-order valence-corrected chi connectivity index (χ2v) is 5.36. The Kier molecular flexibility index (Phi) is 8.69. The molecule has 1 rings (SSSR count). The fraction of sp³-hybridized carbons (Fsp3) is 0.412. The van der Waals surface area contributed by atoms with Gasteiger partial charge in [-0.1, -0.05) is 25.4 Å². The van der Waals surface area contributed by atoms with Crippen molar-refractivity contribution in [3.05, 3.63) is 35.0 Å².